The lowest BCUT2D eigenvalue weighted by Gasteiger charge is -2.07. The van der Waals surface area contributed by atoms with Gasteiger partial charge in [-0.25, -0.2) is 0 Å². The van der Waals surface area contributed by atoms with Crippen molar-refractivity contribution >= 4 is 17.0 Å². The van der Waals surface area contributed by atoms with Crippen molar-refractivity contribution in [1.29, 1.82) is 0 Å². The summed E-state index contributed by atoms with van der Waals surface area (Å²) < 4.78 is 10.4. The molecule has 7 nitrogen and oxygen atoms in total. The molecule has 0 saturated carbocycles. The van der Waals surface area contributed by atoms with Gasteiger partial charge in [-0.1, -0.05) is 12.1 Å². The molecule has 0 aliphatic heterocycles. The highest BCUT2D eigenvalue weighted by Crippen LogP contribution is 2.28. The molecule has 3 N–H and O–H groups in total. The molecule has 2 aromatic heterocycles. The van der Waals surface area contributed by atoms with E-state index in [1.54, 1.807) is 48.7 Å². The maximum atomic E-state index is 12.2. The largest absolute Gasteiger partial charge is 0.504 e. The number of hydrogen-bond donors (Lipinski definition) is 3. The van der Waals surface area contributed by atoms with Gasteiger partial charge in [-0.3, -0.25) is 14.8 Å². The van der Waals surface area contributed by atoms with Crippen LogP contribution in [0.1, 0.15) is 11.1 Å². The van der Waals surface area contributed by atoms with Crippen LogP contribution in [0.4, 0.5) is 0 Å². The smallest absolute Gasteiger partial charge is 0.258 e. The molecule has 0 spiro atoms. The van der Waals surface area contributed by atoms with Crippen molar-refractivity contribution in [2.45, 2.75) is 6.54 Å². The van der Waals surface area contributed by atoms with Gasteiger partial charge in [0.15, 0.2) is 11.5 Å². The monoisotopic (exact) mass is 390 g/mol. The maximum Gasteiger partial charge on any atom is 0.258 e. The van der Waals surface area contributed by atoms with Crippen molar-refractivity contribution < 1.29 is 19.4 Å². The standard InChI is InChI=1S/C22H18N2O5/c1-28-20-7-4-13(9-18(20)25)11-23-12-17-16-10-14(19-3-2-8-29-19)5-6-15(16)21(26)24-22(17)27/h2-10,12,25H,11H2,1H3,(H2,24,26,27). The Bertz CT molecular complexity index is 1260. The van der Waals surface area contributed by atoms with E-state index >= 15 is 0 Å². The second kappa shape index (κ2) is 7.55. The average molecular weight is 390 g/mol. The third-order valence-electron chi connectivity index (χ3n) is 4.58. The molecule has 0 atom stereocenters. The van der Waals surface area contributed by atoms with E-state index in [0.29, 0.717) is 27.8 Å². The number of aromatic hydroxyl groups is 2. The van der Waals surface area contributed by atoms with Gasteiger partial charge in [0, 0.05) is 22.6 Å². The molecule has 0 amide bonds. The molecular formula is C22H18N2O5. The average Bonchev–Trinajstić information content (AvgIpc) is 3.25. The number of fused-ring (bicyclic) bond motifs is 1. The first-order chi connectivity index (χ1) is 14.1. The van der Waals surface area contributed by atoms with Crippen LogP contribution in [-0.2, 0) is 6.54 Å². The van der Waals surface area contributed by atoms with Gasteiger partial charge in [-0.2, -0.15) is 0 Å². The number of H-pyrrole nitrogens is 1. The fourth-order valence-corrected chi connectivity index (χ4v) is 3.14. The molecule has 0 radical (unpaired) electrons. The Hall–Kier alpha value is -4.00. The van der Waals surface area contributed by atoms with Gasteiger partial charge < -0.3 is 19.4 Å². The third kappa shape index (κ3) is 3.58. The molecule has 0 unspecified atom stereocenters. The van der Waals surface area contributed by atoms with Gasteiger partial charge in [0.1, 0.15) is 5.76 Å². The first-order valence-corrected chi connectivity index (χ1v) is 8.85. The Morgan fingerprint density at radius 2 is 2.00 bits per heavy atom. The van der Waals surface area contributed by atoms with Crippen LogP contribution in [0.2, 0.25) is 0 Å². The minimum absolute atomic E-state index is 0.0284. The summed E-state index contributed by atoms with van der Waals surface area (Å²) in [6.07, 6.45) is 3.07. The normalized spacial score (nSPS) is 11.3. The van der Waals surface area contributed by atoms with Crippen LogP contribution in [0, 0.1) is 0 Å². The first kappa shape index (κ1) is 18.4. The molecule has 0 aliphatic carbocycles. The van der Waals surface area contributed by atoms with Crippen molar-refractivity contribution in [3.63, 3.8) is 0 Å². The highest BCUT2D eigenvalue weighted by Gasteiger charge is 2.12. The van der Waals surface area contributed by atoms with Crippen molar-refractivity contribution in [3.05, 3.63) is 76.3 Å². The number of phenols is 1. The van der Waals surface area contributed by atoms with Crippen LogP contribution >= 0.6 is 0 Å². The highest BCUT2D eigenvalue weighted by molar-refractivity contribution is 6.02. The van der Waals surface area contributed by atoms with E-state index < -0.39 is 0 Å². The van der Waals surface area contributed by atoms with Gasteiger partial charge in [-0.05, 0) is 42.0 Å². The number of rotatable bonds is 5. The third-order valence-corrected chi connectivity index (χ3v) is 4.58. The second-order valence-corrected chi connectivity index (χ2v) is 6.43. The fraction of sp³-hybridized carbons (Fsp3) is 0.0909. The van der Waals surface area contributed by atoms with Crippen molar-refractivity contribution in [1.82, 2.24) is 4.98 Å². The molecule has 146 valence electrons. The number of pyridine rings is 1. The molecule has 2 aromatic carbocycles. The van der Waals surface area contributed by atoms with Gasteiger partial charge in [0.2, 0.25) is 5.88 Å². The number of nitrogens with one attached hydrogen (secondary N) is 1. The van der Waals surface area contributed by atoms with Crippen molar-refractivity contribution in [3.8, 4) is 28.7 Å². The fourth-order valence-electron chi connectivity index (χ4n) is 3.14. The minimum Gasteiger partial charge on any atom is -0.504 e. The van der Waals surface area contributed by atoms with E-state index in [1.807, 2.05) is 6.07 Å². The van der Waals surface area contributed by atoms with E-state index in [4.69, 9.17) is 9.15 Å². The van der Waals surface area contributed by atoms with E-state index in [1.165, 1.54) is 13.3 Å². The Morgan fingerprint density at radius 1 is 1.14 bits per heavy atom. The number of nitrogens with zero attached hydrogens (tertiary/aromatic N) is 1. The molecule has 2 heterocycles. The lowest BCUT2D eigenvalue weighted by Crippen LogP contribution is -2.08. The zero-order valence-corrected chi connectivity index (χ0v) is 15.5. The molecule has 29 heavy (non-hydrogen) atoms. The second-order valence-electron chi connectivity index (χ2n) is 6.43. The molecule has 0 aliphatic rings. The molecule has 4 aromatic rings. The van der Waals surface area contributed by atoms with E-state index in [-0.39, 0.29) is 23.7 Å². The predicted octanol–water partition coefficient (Wildman–Crippen LogP) is 3.83. The Kier molecular flexibility index (Phi) is 4.78. The summed E-state index contributed by atoms with van der Waals surface area (Å²) in [4.78, 5) is 19.0. The Morgan fingerprint density at radius 3 is 2.72 bits per heavy atom. The van der Waals surface area contributed by atoms with Gasteiger partial charge in [0.25, 0.3) is 5.56 Å². The number of benzene rings is 2. The number of ether oxygens (including phenoxy) is 1. The van der Waals surface area contributed by atoms with Gasteiger partial charge >= 0.3 is 0 Å². The topological polar surface area (TPSA) is 108 Å². The van der Waals surface area contributed by atoms with Gasteiger partial charge in [-0.15, -0.1) is 0 Å². The molecule has 7 heteroatoms. The highest BCUT2D eigenvalue weighted by atomic mass is 16.5. The number of aromatic amines is 1. The summed E-state index contributed by atoms with van der Waals surface area (Å²) >= 11 is 0. The van der Waals surface area contributed by atoms with Crippen molar-refractivity contribution in [2.24, 2.45) is 4.99 Å². The minimum atomic E-state index is -0.388. The zero-order chi connectivity index (χ0) is 20.4. The van der Waals surface area contributed by atoms with Crippen LogP contribution in [-0.4, -0.2) is 28.5 Å². The number of furan rings is 1. The number of hydrogen-bond acceptors (Lipinski definition) is 6. The number of aromatic nitrogens is 1. The summed E-state index contributed by atoms with van der Waals surface area (Å²) in [6, 6.07) is 13.9. The number of methoxy groups -OCH3 is 1. The molecule has 0 bridgehead atoms. The number of phenolic OH excluding ortho intramolecular Hbond substituents is 1. The summed E-state index contributed by atoms with van der Waals surface area (Å²) in [5.41, 5.74) is 1.55. The van der Waals surface area contributed by atoms with Crippen LogP contribution in [0.3, 0.4) is 0 Å². The van der Waals surface area contributed by atoms with E-state index in [9.17, 15) is 15.0 Å². The predicted molar refractivity (Wildman–Crippen MR) is 110 cm³/mol. The Balaban J connectivity index is 1.72. The lowest BCUT2D eigenvalue weighted by atomic mass is 10.0. The van der Waals surface area contributed by atoms with Crippen LogP contribution in [0.15, 0.2) is 69.0 Å². The first-order valence-electron chi connectivity index (χ1n) is 8.85. The van der Waals surface area contributed by atoms with E-state index in [2.05, 4.69) is 9.98 Å². The summed E-state index contributed by atoms with van der Waals surface area (Å²) in [5.74, 6) is 0.803. The molecule has 4 rings (SSSR count). The van der Waals surface area contributed by atoms with Crippen LogP contribution in [0.25, 0.3) is 22.1 Å². The van der Waals surface area contributed by atoms with Gasteiger partial charge in [0.05, 0.1) is 25.5 Å². The SMILES string of the molecule is COc1ccc(CN=Cc2c(O)[nH]c(=O)c3ccc(-c4ccco4)cc23)cc1O. The molecule has 0 fully saturated rings. The maximum absolute atomic E-state index is 12.2. The van der Waals surface area contributed by atoms with Crippen LogP contribution in [0.5, 0.6) is 17.4 Å². The summed E-state index contributed by atoms with van der Waals surface area (Å²) in [6.45, 7) is 0.273. The van der Waals surface area contributed by atoms with Crippen molar-refractivity contribution in [2.75, 3.05) is 7.11 Å². The molecular weight excluding hydrogens is 372 g/mol. The molecule has 0 saturated heterocycles. The Labute approximate surface area is 165 Å². The van der Waals surface area contributed by atoms with E-state index in [0.717, 1.165) is 11.1 Å². The van der Waals surface area contributed by atoms with Crippen LogP contribution < -0.4 is 10.3 Å². The number of aliphatic imine (C=N–C) groups is 1. The quantitative estimate of drug-likeness (QED) is 0.449. The zero-order valence-electron chi connectivity index (χ0n) is 15.5. The summed E-state index contributed by atoms with van der Waals surface area (Å²) in [7, 11) is 1.48. The lowest BCUT2D eigenvalue weighted by molar-refractivity contribution is 0.373. The summed E-state index contributed by atoms with van der Waals surface area (Å²) in [5, 5.41) is 21.2.